The van der Waals surface area contributed by atoms with Crippen molar-refractivity contribution in [3.8, 4) is 11.5 Å². The zero-order valence-electron chi connectivity index (χ0n) is 21.2. The van der Waals surface area contributed by atoms with E-state index in [4.69, 9.17) is 9.47 Å². The highest BCUT2D eigenvalue weighted by Crippen LogP contribution is 2.34. The Morgan fingerprint density at radius 2 is 1.56 bits per heavy atom. The maximum atomic E-state index is 13.8. The first-order valence-electron chi connectivity index (χ1n) is 12.3. The van der Waals surface area contributed by atoms with Gasteiger partial charge in [-0.3, -0.25) is 14.4 Å². The Hall–Kier alpha value is -4.56. The average molecular weight is 588 g/mol. The third-order valence-corrected chi connectivity index (χ3v) is 8.50. The van der Waals surface area contributed by atoms with E-state index in [1.165, 1.54) is 30.3 Å². The molecule has 41 heavy (non-hydrogen) atoms. The van der Waals surface area contributed by atoms with E-state index in [0.717, 1.165) is 45.6 Å². The van der Waals surface area contributed by atoms with Gasteiger partial charge in [0, 0.05) is 18.7 Å². The van der Waals surface area contributed by atoms with Crippen LogP contribution >= 0.6 is 0 Å². The first-order valence-corrected chi connectivity index (χ1v) is 13.7. The van der Waals surface area contributed by atoms with Gasteiger partial charge < -0.3 is 24.8 Å². The molecule has 214 valence electrons. The van der Waals surface area contributed by atoms with Crippen LogP contribution in [0, 0.1) is 11.6 Å². The summed E-state index contributed by atoms with van der Waals surface area (Å²) in [6.45, 7) is -0.514. The van der Waals surface area contributed by atoms with Gasteiger partial charge in [0.25, 0.3) is 11.8 Å². The van der Waals surface area contributed by atoms with E-state index in [9.17, 15) is 36.7 Å². The molecule has 0 aromatic heterocycles. The minimum Gasteiger partial charge on any atom is -0.481 e. The van der Waals surface area contributed by atoms with Gasteiger partial charge in [0.15, 0.2) is 17.7 Å². The molecule has 1 fully saturated rings. The molecule has 2 atom stereocenters. The lowest BCUT2D eigenvalue weighted by Gasteiger charge is -2.30. The number of hydrogen-bond acceptors (Lipinski definition) is 7. The molecule has 2 unspecified atom stereocenters. The summed E-state index contributed by atoms with van der Waals surface area (Å²) in [4.78, 5) is 39.7. The Kier molecular flexibility index (Phi) is 7.60. The second kappa shape index (κ2) is 11.1. The summed E-state index contributed by atoms with van der Waals surface area (Å²) in [5, 5.41) is 12.0. The fourth-order valence-electron chi connectivity index (χ4n) is 4.65. The third kappa shape index (κ3) is 5.69. The number of amides is 2. The zero-order chi connectivity index (χ0) is 29.3. The Morgan fingerprint density at radius 3 is 2.22 bits per heavy atom. The fraction of sp³-hybridized carbons (Fsp3) is 0.222. The van der Waals surface area contributed by atoms with Gasteiger partial charge >= 0.3 is 5.97 Å². The van der Waals surface area contributed by atoms with Gasteiger partial charge in [-0.2, -0.15) is 4.31 Å². The van der Waals surface area contributed by atoms with Crippen molar-refractivity contribution in [1.82, 2.24) is 14.5 Å². The molecule has 5 rings (SSSR count). The van der Waals surface area contributed by atoms with E-state index in [-0.39, 0.29) is 35.9 Å². The Morgan fingerprint density at radius 1 is 0.927 bits per heavy atom. The number of benzene rings is 3. The van der Waals surface area contributed by atoms with Crippen molar-refractivity contribution in [2.45, 2.75) is 23.5 Å². The smallest absolute Gasteiger partial charge is 0.305 e. The first kappa shape index (κ1) is 28.0. The number of rotatable bonds is 8. The maximum absolute atomic E-state index is 13.8. The van der Waals surface area contributed by atoms with Crippen molar-refractivity contribution in [3.63, 3.8) is 0 Å². The predicted octanol–water partition coefficient (Wildman–Crippen LogP) is 2.50. The lowest BCUT2D eigenvalue weighted by atomic mass is 10.0. The second-order valence-electron chi connectivity index (χ2n) is 9.22. The normalized spacial score (nSPS) is 17.3. The van der Waals surface area contributed by atoms with Crippen molar-refractivity contribution in [3.05, 3.63) is 89.5 Å². The summed E-state index contributed by atoms with van der Waals surface area (Å²) in [7, 11) is -4.44. The van der Waals surface area contributed by atoms with Gasteiger partial charge in [0.1, 0.15) is 11.6 Å². The van der Waals surface area contributed by atoms with Crippen LogP contribution in [0.15, 0.2) is 71.6 Å². The molecule has 3 aromatic rings. The summed E-state index contributed by atoms with van der Waals surface area (Å²) in [5.74, 6) is -3.51. The molecule has 2 aliphatic heterocycles. The Balaban J connectivity index is 1.51. The summed E-state index contributed by atoms with van der Waals surface area (Å²) in [5.41, 5.74) is 0.343. The molecule has 0 radical (unpaired) electrons. The van der Waals surface area contributed by atoms with Crippen LogP contribution in [0.5, 0.6) is 11.5 Å². The van der Waals surface area contributed by atoms with Gasteiger partial charge in [-0.15, -0.1) is 0 Å². The molecule has 2 N–H and O–H groups in total. The molecule has 0 aliphatic carbocycles. The third-order valence-electron chi connectivity index (χ3n) is 6.63. The van der Waals surface area contributed by atoms with Crippen LogP contribution in [0.25, 0.3) is 0 Å². The Bertz CT molecular complexity index is 1600. The molecular formula is C27H23F2N3O8S. The molecule has 11 nitrogen and oxygen atoms in total. The standard InChI is InChI=1S/C27H23F2N3O8S/c28-18-4-1-16(2-5-18)21(14-24(33)34)30-25(35)26-31(27(36)17-3-10-22-23(13-17)40-15-39-22)11-12-32(26)41(37,38)20-8-6-19(29)7-9-20/h1-10,13,21,26H,11-12,14-15H2,(H,30,35)(H,33,34). The molecule has 1 saturated heterocycles. The molecule has 2 aliphatic rings. The minimum absolute atomic E-state index is 0.0419. The van der Waals surface area contributed by atoms with E-state index < -0.39 is 58.1 Å². The number of nitrogens with zero attached hydrogens (tertiary/aromatic N) is 2. The molecule has 14 heteroatoms. The summed E-state index contributed by atoms with van der Waals surface area (Å²) in [6.07, 6.45) is -2.34. The number of ether oxygens (including phenoxy) is 2. The van der Waals surface area contributed by atoms with E-state index in [0.29, 0.717) is 11.5 Å². The van der Waals surface area contributed by atoms with Crippen LogP contribution in [0.4, 0.5) is 8.78 Å². The van der Waals surface area contributed by atoms with Crippen molar-refractivity contribution >= 4 is 27.8 Å². The number of carboxylic acids is 1. The van der Waals surface area contributed by atoms with Gasteiger partial charge in [-0.25, -0.2) is 17.2 Å². The molecule has 0 saturated carbocycles. The largest absolute Gasteiger partial charge is 0.481 e. The molecule has 2 amide bonds. The van der Waals surface area contributed by atoms with Crippen LogP contribution in [0.3, 0.4) is 0 Å². The number of carbonyl (C=O) groups is 3. The second-order valence-corrected chi connectivity index (χ2v) is 11.1. The van der Waals surface area contributed by atoms with Crippen LogP contribution in [0.1, 0.15) is 28.4 Å². The first-order chi connectivity index (χ1) is 19.5. The van der Waals surface area contributed by atoms with Gasteiger partial charge in [-0.1, -0.05) is 12.1 Å². The summed E-state index contributed by atoms with van der Waals surface area (Å²) >= 11 is 0. The van der Waals surface area contributed by atoms with Crippen molar-refractivity contribution in [2.75, 3.05) is 19.9 Å². The topological polar surface area (TPSA) is 143 Å². The van der Waals surface area contributed by atoms with E-state index >= 15 is 0 Å². The van der Waals surface area contributed by atoms with Crippen molar-refractivity contribution < 1.29 is 46.2 Å². The molecule has 3 aromatic carbocycles. The fourth-order valence-corrected chi connectivity index (χ4v) is 6.19. The number of sulfonamides is 1. The lowest BCUT2D eigenvalue weighted by Crippen LogP contribution is -2.54. The average Bonchev–Trinajstić information content (AvgIpc) is 3.60. The van der Waals surface area contributed by atoms with Crippen LogP contribution < -0.4 is 14.8 Å². The number of carbonyl (C=O) groups excluding carboxylic acids is 2. The number of fused-ring (bicyclic) bond motifs is 1. The van der Waals surface area contributed by atoms with Crippen molar-refractivity contribution in [1.29, 1.82) is 0 Å². The number of halogens is 2. The van der Waals surface area contributed by atoms with E-state index in [1.54, 1.807) is 0 Å². The highest BCUT2D eigenvalue weighted by Gasteiger charge is 2.47. The molecule has 0 bridgehead atoms. The van der Waals surface area contributed by atoms with Crippen LogP contribution in [-0.2, 0) is 19.6 Å². The van der Waals surface area contributed by atoms with Gasteiger partial charge in [0.05, 0.1) is 17.4 Å². The SMILES string of the molecule is O=C(O)CC(NC(=O)C1N(C(=O)c2ccc3c(c2)OCO3)CCN1S(=O)(=O)c1ccc(F)cc1)c1ccc(F)cc1. The molecule has 0 spiro atoms. The Labute approximate surface area is 232 Å². The zero-order valence-corrected chi connectivity index (χ0v) is 22.0. The van der Waals surface area contributed by atoms with Crippen LogP contribution in [-0.4, -0.2) is 66.6 Å². The number of aliphatic carboxylic acids is 1. The highest BCUT2D eigenvalue weighted by atomic mass is 32.2. The van der Waals surface area contributed by atoms with Gasteiger partial charge in [-0.05, 0) is 60.2 Å². The van der Waals surface area contributed by atoms with E-state index in [1.807, 2.05) is 0 Å². The number of hydrogen-bond donors (Lipinski definition) is 2. The summed E-state index contributed by atoms with van der Waals surface area (Å²) in [6, 6.07) is 11.9. The minimum atomic E-state index is -4.44. The summed E-state index contributed by atoms with van der Waals surface area (Å²) < 4.78 is 65.6. The lowest BCUT2D eigenvalue weighted by molar-refractivity contribution is -0.138. The number of nitrogens with one attached hydrogen (secondary N) is 1. The van der Waals surface area contributed by atoms with Crippen molar-refractivity contribution in [2.24, 2.45) is 0 Å². The molecular weight excluding hydrogens is 564 g/mol. The molecule has 2 heterocycles. The van der Waals surface area contributed by atoms with Crippen LogP contribution in [0.2, 0.25) is 0 Å². The highest BCUT2D eigenvalue weighted by molar-refractivity contribution is 7.89. The maximum Gasteiger partial charge on any atom is 0.305 e. The number of carboxylic acid groups (broad SMARTS) is 1. The van der Waals surface area contributed by atoms with E-state index in [2.05, 4.69) is 5.32 Å². The monoisotopic (exact) mass is 587 g/mol. The quantitative estimate of drug-likeness (QED) is 0.410. The predicted molar refractivity (Wildman–Crippen MR) is 137 cm³/mol. The van der Waals surface area contributed by atoms with Gasteiger partial charge in [0.2, 0.25) is 16.8 Å².